The van der Waals surface area contributed by atoms with Gasteiger partial charge in [0.25, 0.3) is 10.0 Å². The highest BCUT2D eigenvalue weighted by Crippen LogP contribution is 2.34. The molecule has 0 heterocycles. The number of ether oxygens (including phenoxy) is 3. The molecule has 3 rings (SSSR count). The van der Waals surface area contributed by atoms with Gasteiger partial charge >= 0.3 is 0 Å². The first-order valence-corrected chi connectivity index (χ1v) is 15.9. The number of carbonyl (C=O) groups excluding carboxylic acids is 2. The number of sulfonamides is 1. The summed E-state index contributed by atoms with van der Waals surface area (Å²) in [6.45, 7) is 7.62. The van der Waals surface area contributed by atoms with Crippen LogP contribution in [0.2, 0.25) is 0 Å². The molecule has 0 saturated heterocycles. The Balaban J connectivity index is 2.10. The highest BCUT2D eigenvalue weighted by molar-refractivity contribution is 7.92. The fraction of sp³-hybridized carbons (Fsp3) is 0.394. The number of hydrogen-bond donors (Lipinski definition) is 1. The molecule has 0 aliphatic carbocycles. The monoisotopic (exact) mass is 625 g/mol. The van der Waals surface area contributed by atoms with Crippen LogP contribution in [0.4, 0.5) is 5.69 Å². The van der Waals surface area contributed by atoms with E-state index in [1.807, 2.05) is 39.8 Å². The summed E-state index contributed by atoms with van der Waals surface area (Å²) in [6, 6.07) is 17.4. The summed E-state index contributed by atoms with van der Waals surface area (Å²) in [4.78, 5) is 29.1. The third-order valence-electron chi connectivity index (χ3n) is 7.13. The number of nitrogens with one attached hydrogen (secondary N) is 1. The Morgan fingerprint density at radius 1 is 0.864 bits per heavy atom. The number of methoxy groups -OCH3 is 3. The zero-order valence-electron chi connectivity index (χ0n) is 26.5. The number of rotatable bonds is 15. The lowest BCUT2D eigenvalue weighted by molar-refractivity contribution is -0.140. The summed E-state index contributed by atoms with van der Waals surface area (Å²) < 4.78 is 45.4. The second-order valence-electron chi connectivity index (χ2n) is 10.8. The molecule has 44 heavy (non-hydrogen) atoms. The van der Waals surface area contributed by atoms with Crippen molar-refractivity contribution in [3.63, 3.8) is 0 Å². The van der Waals surface area contributed by atoms with Crippen LogP contribution in [-0.4, -0.2) is 65.6 Å². The SMILES string of the molecule is CC[C@@H](C(=O)NCC(C)C)N(Cc1ccc(OC)cc1)C(=O)CN(c1ccc(OC)c(OC)c1)S(=O)(=O)c1ccc(C)cc1. The molecule has 0 aliphatic rings. The minimum absolute atomic E-state index is 0.0223. The van der Waals surface area contributed by atoms with E-state index in [-0.39, 0.29) is 29.0 Å². The molecule has 0 aromatic heterocycles. The van der Waals surface area contributed by atoms with Gasteiger partial charge in [-0.25, -0.2) is 8.42 Å². The molecule has 0 spiro atoms. The maximum Gasteiger partial charge on any atom is 0.264 e. The molecule has 2 amide bonds. The van der Waals surface area contributed by atoms with Gasteiger partial charge in [0.1, 0.15) is 18.3 Å². The van der Waals surface area contributed by atoms with Gasteiger partial charge in [-0.15, -0.1) is 0 Å². The number of carbonyl (C=O) groups is 2. The molecule has 0 fully saturated rings. The average molecular weight is 626 g/mol. The highest BCUT2D eigenvalue weighted by atomic mass is 32.2. The van der Waals surface area contributed by atoms with Gasteiger partial charge in [0.2, 0.25) is 11.8 Å². The molecular weight excluding hydrogens is 582 g/mol. The lowest BCUT2D eigenvalue weighted by atomic mass is 10.1. The molecule has 11 heteroatoms. The highest BCUT2D eigenvalue weighted by Gasteiger charge is 2.34. The normalized spacial score (nSPS) is 11.9. The van der Waals surface area contributed by atoms with Crippen LogP contribution in [0.25, 0.3) is 0 Å². The number of nitrogens with zero attached hydrogens (tertiary/aromatic N) is 2. The van der Waals surface area contributed by atoms with Crippen molar-refractivity contribution in [2.45, 2.75) is 51.6 Å². The summed E-state index contributed by atoms with van der Waals surface area (Å²) in [6.07, 6.45) is 0.326. The molecule has 0 radical (unpaired) electrons. The van der Waals surface area contributed by atoms with Crippen LogP contribution in [0.1, 0.15) is 38.3 Å². The molecule has 0 aliphatic heterocycles. The second-order valence-corrected chi connectivity index (χ2v) is 12.7. The third-order valence-corrected chi connectivity index (χ3v) is 8.91. The van der Waals surface area contributed by atoms with Crippen molar-refractivity contribution in [2.24, 2.45) is 5.92 Å². The summed E-state index contributed by atoms with van der Waals surface area (Å²) in [5.74, 6) is 0.722. The predicted molar refractivity (Wildman–Crippen MR) is 171 cm³/mol. The van der Waals surface area contributed by atoms with Crippen molar-refractivity contribution in [3.05, 3.63) is 77.9 Å². The van der Waals surface area contributed by atoms with Crippen molar-refractivity contribution < 1.29 is 32.2 Å². The smallest absolute Gasteiger partial charge is 0.264 e. The number of anilines is 1. The van der Waals surface area contributed by atoms with Crippen molar-refractivity contribution in [1.82, 2.24) is 10.2 Å². The van der Waals surface area contributed by atoms with Crippen LogP contribution in [-0.2, 0) is 26.2 Å². The zero-order chi connectivity index (χ0) is 32.4. The fourth-order valence-corrected chi connectivity index (χ4v) is 6.02. The van der Waals surface area contributed by atoms with Crippen molar-refractivity contribution in [3.8, 4) is 17.2 Å². The lowest BCUT2D eigenvalue weighted by Crippen LogP contribution is -2.52. The Hall–Kier alpha value is -4.25. The zero-order valence-corrected chi connectivity index (χ0v) is 27.3. The lowest BCUT2D eigenvalue weighted by Gasteiger charge is -2.33. The first-order chi connectivity index (χ1) is 20.9. The van der Waals surface area contributed by atoms with E-state index in [9.17, 15) is 18.0 Å². The van der Waals surface area contributed by atoms with E-state index >= 15 is 0 Å². The van der Waals surface area contributed by atoms with E-state index in [4.69, 9.17) is 14.2 Å². The maximum atomic E-state index is 14.3. The Morgan fingerprint density at radius 2 is 1.50 bits per heavy atom. The molecular formula is C33H43N3O7S. The predicted octanol–water partition coefficient (Wildman–Crippen LogP) is 4.80. The number of aryl methyl sites for hydroxylation is 1. The molecule has 1 atom stereocenters. The van der Waals surface area contributed by atoms with E-state index in [0.29, 0.717) is 30.2 Å². The molecule has 238 valence electrons. The Labute approximate surface area is 261 Å². The number of hydrogen-bond acceptors (Lipinski definition) is 7. The van der Waals surface area contributed by atoms with Gasteiger partial charge < -0.3 is 24.4 Å². The minimum Gasteiger partial charge on any atom is -0.497 e. The van der Waals surface area contributed by atoms with Crippen LogP contribution < -0.4 is 23.8 Å². The third kappa shape index (κ3) is 8.43. The van der Waals surface area contributed by atoms with E-state index in [1.165, 1.54) is 37.3 Å². The first kappa shape index (κ1) is 34.2. The van der Waals surface area contributed by atoms with Gasteiger partial charge in [-0.3, -0.25) is 13.9 Å². The average Bonchev–Trinajstić information content (AvgIpc) is 3.02. The van der Waals surface area contributed by atoms with E-state index in [0.717, 1.165) is 15.4 Å². The van der Waals surface area contributed by atoms with Crippen LogP contribution in [0, 0.1) is 12.8 Å². The summed E-state index contributed by atoms with van der Waals surface area (Å²) in [7, 11) is 0.265. The van der Waals surface area contributed by atoms with Gasteiger partial charge in [0.05, 0.1) is 31.9 Å². The second kappa shape index (κ2) is 15.5. The molecule has 0 saturated carbocycles. The molecule has 1 N–H and O–H groups in total. The standard InChI is InChI=1S/C33H43N3O7S/c1-8-29(33(38)34-20-23(2)3)35(21-25-11-14-27(41-5)15-12-25)32(37)22-36(26-13-18-30(42-6)31(19-26)43-7)44(39,40)28-16-9-24(4)10-17-28/h9-19,23,29H,8,20-22H2,1-7H3,(H,34,38)/t29-/m0/s1. The Bertz CT molecular complexity index is 1510. The maximum absolute atomic E-state index is 14.3. The van der Waals surface area contributed by atoms with Crippen LogP contribution in [0.5, 0.6) is 17.2 Å². The first-order valence-electron chi connectivity index (χ1n) is 14.5. The fourth-order valence-electron chi connectivity index (χ4n) is 4.62. The van der Waals surface area contributed by atoms with Crippen molar-refractivity contribution in [1.29, 1.82) is 0 Å². The number of benzene rings is 3. The Kier molecular flexibility index (Phi) is 12.0. The summed E-state index contributed by atoms with van der Waals surface area (Å²) in [5.41, 5.74) is 1.85. The quantitative estimate of drug-likeness (QED) is 0.258. The largest absolute Gasteiger partial charge is 0.497 e. The van der Waals surface area contributed by atoms with Crippen LogP contribution in [0.15, 0.2) is 71.6 Å². The molecule has 3 aromatic carbocycles. The van der Waals surface area contributed by atoms with E-state index in [2.05, 4.69) is 5.32 Å². The van der Waals surface area contributed by atoms with Gasteiger partial charge in [0, 0.05) is 19.2 Å². The van der Waals surface area contributed by atoms with Crippen LogP contribution >= 0.6 is 0 Å². The van der Waals surface area contributed by atoms with Gasteiger partial charge in [-0.1, -0.05) is 50.6 Å². The molecule has 0 bridgehead atoms. The van der Waals surface area contributed by atoms with Gasteiger partial charge in [-0.2, -0.15) is 0 Å². The topological polar surface area (TPSA) is 114 Å². The minimum atomic E-state index is -4.23. The Morgan fingerprint density at radius 3 is 2.05 bits per heavy atom. The number of amides is 2. The van der Waals surface area contributed by atoms with Crippen molar-refractivity contribution in [2.75, 3.05) is 38.7 Å². The molecule has 3 aromatic rings. The van der Waals surface area contributed by atoms with Crippen LogP contribution in [0.3, 0.4) is 0 Å². The van der Waals surface area contributed by atoms with E-state index in [1.54, 1.807) is 43.5 Å². The van der Waals surface area contributed by atoms with Gasteiger partial charge in [-0.05, 0) is 61.2 Å². The summed E-state index contributed by atoms with van der Waals surface area (Å²) >= 11 is 0. The summed E-state index contributed by atoms with van der Waals surface area (Å²) in [5, 5.41) is 2.93. The molecule has 10 nitrogen and oxygen atoms in total. The van der Waals surface area contributed by atoms with Gasteiger partial charge in [0.15, 0.2) is 11.5 Å². The van der Waals surface area contributed by atoms with Crippen molar-refractivity contribution >= 4 is 27.5 Å². The van der Waals surface area contributed by atoms with E-state index < -0.39 is 28.5 Å². The molecule has 0 unspecified atom stereocenters.